The van der Waals surface area contributed by atoms with Crippen LogP contribution in [0.4, 0.5) is 11.4 Å². The van der Waals surface area contributed by atoms with E-state index in [1.807, 2.05) is 0 Å². The predicted molar refractivity (Wildman–Crippen MR) is 128 cm³/mol. The molecule has 36 heavy (non-hydrogen) atoms. The molecule has 0 bridgehead atoms. The minimum Gasteiger partial charge on any atom is -0.439 e. The van der Waals surface area contributed by atoms with Gasteiger partial charge in [0, 0.05) is 12.6 Å². The second-order valence-corrected chi connectivity index (χ2v) is 7.91. The zero-order chi connectivity index (χ0) is 25.4. The molecule has 0 radical (unpaired) electrons. The van der Waals surface area contributed by atoms with Crippen LogP contribution < -0.4 is 15.8 Å². The number of hydrogen-bond acceptors (Lipinski definition) is 8. The van der Waals surface area contributed by atoms with Gasteiger partial charge in [-0.05, 0) is 54.6 Å². The molecule has 0 aliphatic carbocycles. The number of imide groups is 1. The van der Waals surface area contributed by atoms with Crippen molar-refractivity contribution in [3.63, 3.8) is 0 Å². The van der Waals surface area contributed by atoms with Crippen molar-refractivity contribution in [2.24, 2.45) is 0 Å². The van der Waals surface area contributed by atoms with Crippen molar-refractivity contribution in [1.82, 2.24) is 15.0 Å². The van der Waals surface area contributed by atoms with E-state index in [1.165, 1.54) is 37.3 Å². The molecule has 3 aromatic carbocycles. The molecule has 0 unspecified atom stereocenters. The average molecular weight is 483 g/mol. The molecule has 1 aromatic heterocycles. The van der Waals surface area contributed by atoms with Crippen LogP contribution in [0.15, 0.2) is 71.5 Å². The molecule has 1 aliphatic rings. The Morgan fingerprint density at radius 2 is 1.64 bits per heavy atom. The Hall–Kier alpha value is -5.19. The minimum absolute atomic E-state index is 0.0274. The maximum atomic E-state index is 13.0. The van der Waals surface area contributed by atoms with E-state index in [9.17, 15) is 24.0 Å². The van der Waals surface area contributed by atoms with Gasteiger partial charge in [0.1, 0.15) is 5.52 Å². The minimum atomic E-state index is -0.807. The van der Waals surface area contributed by atoms with Gasteiger partial charge in [-0.15, -0.1) is 5.10 Å². The van der Waals surface area contributed by atoms with Crippen molar-refractivity contribution in [3.05, 3.63) is 93.8 Å². The summed E-state index contributed by atoms with van der Waals surface area (Å²) in [6.45, 7) is 0.889. The maximum absolute atomic E-state index is 13.0. The van der Waals surface area contributed by atoms with Gasteiger partial charge in [-0.1, -0.05) is 17.3 Å². The monoisotopic (exact) mass is 483 g/mol. The van der Waals surface area contributed by atoms with Gasteiger partial charge in [-0.25, -0.2) is 9.69 Å². The number of esters is 1. The first-order valence-electron chi connectivity index (χ1n) is 10.7. The van der Waals surface area contributed by atoms with Crippen LogP contribution in [0.3, 0.4) is 0 Å². The van der Waals surface area contributed by atoms with Gasteiger partial charge in [0.2, 0.25) is 5.91 Å². The third-order valence-electron chi connectivity index (χ3n) is 5.52. The van der Waals surface area contributed by atoms with Crippen LogP contribution in [0.1, 0.15) is 38.0 Å². The van der Waals surface area contributed by atoms with Gasteiger partial charge >= 0.3 is 5.97 Å². The van der Waals surface area contributed by atoms with Crippen molar-refractivity contribution >= 4 is 46.0 Å². The smallest absolute Gasteiger partial charge is 0.339 e. The number of hydrogen-bond donors (Lipinski definition) is 1. The first kappa shape index (κ1) is 22.6. The van der Waals surface area contributed by atoms with Gasteiger partial charge in [0.25, 0.3) is 17.4 Å². The number of carbonyl (C=O) groups is 4. The highest BCUT2D eigenvalue weighted by Gasteiger charge is 2.37. The second-order valence-electron chi connectivity index (χ2n) is 7.91. The number of amides is 3. The molecule has 0 spiro atoms. The lowest BCUT2D eigenvalue weighted by atomic mass is 10.1. The normalized spacial score (nSPS) is 12.5. The van der Waals surface area contributed by atoms with E-state index >= 15 is 0 Å². The summed E-state index contributed by atoms with van der Waals surface area (Å²) in [5, 5.41) is 10.6. The largest absolute Gasteiger partial charge is 0.439 e. The van der Waals surface area contributed by atoms with E-state index in [1.54, 1.807) is 36.4 Å². The molecular weight excluding hydrogens is 466 g/mol. The van der Waals surface area contributed by atoms with Crippen LogP contribution >= 0.6 is 0 Å². The Balaban J connectivity index is 1.34. The second kappa shape index (κ2) is 8.87. The molecule has 2 heterocycles. The van der Waals surface area contributed by atoms with Crippen LogP contribution in [0, 0.1) is 0 Å². The zero-order valence-corrected chi connectivity index (χ0v) is 18.8. The zero-order valence-electron chi connectivity index (χ0n) is 18.8. The fourth-order valence-corrected chi connectivity index (χ4v) is 3.81. The number of fused-ring (bicyclic) bond motifs is 2. The maximum Gasteiger partial charge on any atom is 0.339 e. The number of carbonyl (C=O) groups excluding carboxylic acids is 4. The highest BCUT2D eigenvalue weighted by Crippen LogP contribution is 2.30. The molecular formula is C25H17N5O6. The van der Waals surface area contributed by atoms with Crippen LogP contribution in [-0.4, -0.2) is 38.7 Å². The van der Waals surface area contributed by atoms with Crippen molar-refractivity contribution < 1.29 is 23.9 Å². The Kier molecular flexibility index (Phi) is 5.57. The van der Waals surface area contributed by atoms with E-state index in [4.69, 9.17) is 4.74 Å². The highest BCUT2D eigenvalue weighted by atomic mass is 16.5. The van der Waals surface area contributed by atoms with Crippen molar-refractivity contribution in [3.8, 4) is 0 Å². The molecule has 1 N–H and O–H groups in total. The van der Waals surface area contributed by atoms with E-state index in [2.05, 4.69) is 15.6 Å². The number of rotatable bonds is 5. The number of ether oxygens (including phenoxy) is 1. The molecule has 11 heteroatoms. The molecule has 3 amide bonds. The molecule has 1 aliphatic heterocycles. The SMILES string of the molecule is CC(=O)Nc1ccc(N2C(=O)c3ccc(C(=O)OCn4nnc5ccccc5c4=O)cc3C2=O)cc1. The summed E-state index contributed by atoms with van der Waals surface area (Å²) in [5.41, 5.74) is 0.989. The number of nitrogens with one attached hydrogen (secondary N) is 1. The van der Waals surface area contributed by atoms with Crippen molar-refractivity contribution in [2.45, 2.75) is 13.7 Å². The van der Waals surface area contributed by atoms with E-state index in [0.29, 0.717) is 22.3 Å². The molecule has 5 rings (SSSR count). The van der Waals surface area contributed by atoms with E-state index in [0.717, 1.165) is 9.58 Å². The van der Waals surface area contributed by atoms with Crippen LogP contribution in [-0.2, 0) is 16.3 Å². The molecule has 0 saturated carbocycles. The Morgan fingerprint density at radius 1 is 0.917 bits per heavy atom. The molecule has 0 fully saturated rings. The molecule has 4 aromatic rings. The third-order valence-corrected chi connectivity index (χ3v) is 5.52. The quantitative estimate of drug-likeness (QED) is 0.337. The van der Waals surface area contributed by atoms with Crippen molar-refractivity contribution in [2.75, 3.05) is 10.2 Å². The van der Waals surface area contributed by atoms with Gasteiger partial charge in [0.15, 0.2) is 6.73 Å². The van der Waals surface area contributed by atoms with Gasteiger partial charge in [-0.2, -0.15) is 4.68 Å². The fraction of sp³-hybridized carbons (Fsp3) is 0.0800. The van der Waals surface area contributed by atoms with Gasteiger partial charge in [-0.3, -0.25) is 19.2 Å². The van der Waals surface area contributed by atoms with Crippen LogP contribution in [0.2, 0.25) is 0 Å². The first-order valence-corrected chi connectivity index (χ1v) is 10.7. The summed E-state index contributed by atoms with van der Waals surface area (Å²) in [6.07, 6.45) is 0. The van der Waals surface area contributed by atoms with Crippen LogP contribution in [0.5, 0.6) is 0 Å². The summed E-state index contributed by atoms with van der Waals surface area (Å²) >= 11 is 0. The number of benzene rings is 3. The lowest BCUT2D eigenvalue weighted by molar-refractivity contribution is -0.114. The van der Waals surface area contributed by atoms with E-state index < -0.39 is 30.1 Å². The molecule has 11 nitrogen and oxygen atoms in total. The Morgan fingerprint density at radius 3 is 2.39 bits per heavy atom. The lowest BCUT2D eigenvalue weighted by Crippen LogP contribution is -2.29. The summed E-state index contributed by atoms with van der Waals surface area (Å²) < 4.78 is 6.11. The van der Waals surface area contributed by atoms with Gasteiger partial charge < -0.3 is 10.1 Å². The summed E-state index contributed by atoms with van der Waals surface area (Å²) in [7, 11) is 0. The summed E-state index contributed by atoms with van der Waals surface area (Å²) in [6, 6.07) is 16.9. The highest BCUT2D eigenvalue weighted by molar-refractivity contribution is 6.34. The number of nitrogens with zero attached hydrogens (tertiary/aromatic N) is 4. The standard InChI is InChI=1S/C25H17N5O6/c1-14(31)26-16-7-9-17(10-8-16)30-23(33)18-11-6-15(12-20(18)24(30)34)25(35)36-13-29-22(32)19-4-2-3-5-21(19)27-28-29/h2-12H,13H2,1H3,(H,26,31). The predicted octanol–water partition coefficient (Wildman–Crippen LogP) is 2.37. The lowest BCUT2D eigenvalue weighted by Gasteiger charge is -2.14. The van der Waals surface area contributed by atoms with Gasteiger partial charge in [0.05, 0.1) is 27.8 Å². The summed E-state index contributed by atoms with van der Waals surface area (Å²) in [5.74, 6) is -2.20. The summed E-state index contributed by atoms with van der Waals surface area (Å²) in [4.78, 5) is 63.2. The third kappa shape index (κ3) is 3.98. The number of aromatic nitrogens is 3. The first-order chi connectivity index (χ1) is 17.3. The average Bonchev–Trinajstić information content (AvgIpc) is 3.13. The fourth-order valence-electron chi connectivity index (χ4n) is 3.81. The topological polar surface area (TPSA) is 141 Å². The molecule has 0 atom stereocenters. The number of anilines is 2. The van der Waals surface area contributed by atoms with E-state index in [-0.39, 0.29) is 22.6 Å². The Labute approximate surface area is 202 Å². The Bertz CT molecular complexity index is 1630. The van der Waals surface area contributed by atoms with Crippen LogP contribution in [0.25, 0.3) is 10.9 Å². The van der Waals surface area contributed by atoms with Crippen molar-refractivity contribution in [1.29, 1.82) is 0 Å². The molecule has 178 valence electrons. The molecule has 0 saturated heterocycles.